The Morgan fingerprint density at radius 1 is 1.12 bits per heavy atom. The van der Waals surface area contributed by atoms with Gasteiger partial charge in [-0.25, -0.2) is 0 Å². The normalized spacial score (nSPS) is 55.0. The van der Waals surface area contributed by atoms with Crippen LogP contribution in [0.25, 0.3) is 0 Å². The number of carbonyl (C=O) groups is 1. The molecule has 0 aromatic heterocycles. The number of hydrogen-bond donors (Lipinski definition) is 3. The molecular weight excluding hydrogens is 316 g/mol. The van der Waals surface area contributed by atoms with E-state index in [2.05, 4.69) is 13.0 Å². The molecule has 0 aromatic carbocycles. The SMILES string of the molecule is CC(=O)C1CCC2(O)C1(C)CCC1C3(C)CCC(O)CC3=CCC12O. The van der Waals surface area contributed by atoms with E-state index < -0.39 is 16.6 Å². The van der Waals surface area contributed by atoms with Gasteiger partial charge in [-0.15, -0.1) is 0 Å². The van der Waals surface area contributed by atoms with Crippen LogP contribution in [0.15, 0.2) is 11.6 Å². The lowest BCUT2D eigenvalue weighted by atomic mass is 9.43. The zero-order chi connectivity index (χ0) is 18.3. The molecule has 25 heavy (non-hydrogen) atoms. The van der Waals surface area contributed by atoms with E-state index in [0.717, 1.165) is 25.7 Å². The molecular formula is C21H32O4. The van der Waals surface area contributed by atoms with Crippen molar-refractivity contribution in [1.29, 1.82) is 0 Å². The van der Waals surface area contributed by atoms with Crippen LogP contribution in [-0.2, 0) is 4.79 Å². The summed E-state index contributed by atoms with van der Waals surface area (Å²) in [5, 5.41) is 33.8. The van der Waals surface area contributed by atoms with Gasteiger partial charge >= 0.3 is 0 Å². The van der Waals surface area contributed by atoms with Gasteiger partial charge in [0.15, 0.2) is 0 Å². The fraction of sp³-hybridized carbons (Fsp3) is 0.857. The van der Waals surface area contributed by atoms with E-state index in [9.17, 15) is 20.1 Å². The van der Waals surface area contributed by atoms with Gasteiger partial charge in [-0.2, -0.15) is 0 Å². The Morgan fingerprint density at radius 3 is 2.52 bits per heavy atom. The molecule has 0 spiro atoms. The highest BCUT2D eigenvalue weighted by Gasteiger charge is 2.73. The smallest absolute Gasteiger partial charge is 0.133 e. The zero-order valence-electron chi connectivity index (χ0n) is 15.7. The average Bonchev–Trinajstić information content (AvgIpc) is 2.82. The van der Waals surface area contributed by atoms with E-state index >= 15 is 0 Å². The summed E-state index contributed by atoms with van der Waals surface area (Å²) >= 11 is 0. The summed E-state index contributed by atoms with van der Waals surface area (Å²) < 4.78 is 0. The molecule has 0 saturated heterocycles. The van der Waals surface area contributed by atoms with Crippen molar-refractivity contribution in [2.45, 2.75) is 89.4 Å². The van der Waals surface area contributed by atoms with Gasteiger partial charge in [0.1, 0.15) is 11.4 Å². The Hall–Kier alpha value is -0.710. The van der Waals surface area contributed by atoms with E-state index in [-0.39, 0.29) is 29.1 Å². The predicted octanol–water partition coefficient (Wildman–Crippen LogP) is 2.75. The Bertz CT molecular complexity index is 642. The molecule has 4 aliphatic rings. The number of rotatable bonds is 1. The van der Waals surface area contributed by atoms with Crippen LogP contribution in [0.1, 0.15) is 72.1 Å². The summed E-state index contributed by atoms with van der Waals surface area (Å²) in [7, 11) is 0. The van der Waals surface area contributed by atoms with E-state index in [4.69, 9.17) is 0 Å². The van der Waals surface area contributed by atoms with Gasteiger partial charge in [0.25, 0.3) is 0 Å². The third kappa shape index (κ3) is 1.97. The van der Waals surface area contributed by atoms with E-state index in [0.29, 0.717) is 25.7 Å². The lowest BCUT2D eigenvalue weighted by Crippen LogP contribution is -2.71. The van der Waals surface area contributed by atoms with Crippen molar-refractivity contribution in [2.75, 3.05) is 0 Å². The number of fused-ring (bicyclic) bond motifs is 5. The van der Waals surface area contributed by atoms with Gasteiger partial charge in [0, 0.05) is 11.3 Å². The van der Waals surface area contributed by atoms with E-state index in [1.165, 1.54) is 5.57 Å². The first kappa shape index (κ1) is 17.7. The molecule has 0 amide bonds. The van der Waals surface area contributed by atoms with Crippen LogP contribution in [0.3, 0.4) is 0 Å². The number of carbonyl (C=O) groups excluding carboxylic acids is 1. The number of aliphatic hydroxyl groups is 3. The predicted molar refractivity (Wildman–Crippen MR) is 94.8 cm³/mol. The van der Waals surface area contributed by atoms with Gasteiger partial charge in [-0.1, -0.05) is 25.5 Å². The van der Waals surface area contributed by atoms with Gasteiger partial charge in [0.05, 0.1) is 11.7 Å². The highest BCUT2D eigenvalue weighted by molar-refractivity contribution is 5.80. The van der Waals surface area contributed by atoms with E-state index in [1.807, 2.05) is 6.92 Å². The quantitative estimate of drug-likeness (QED) is 0.637. The van der Waals surface area contributed by atoms with Crippen LogP contribution in [0.4, 0.5) is 0 Å². The molecule has 4 heteroatoms. The second-order valence-electron chi connectivity index (χ2n) is 9.74. The summed E-state index contributed by atoms with van der Waals surface area (Å²) in [6, 6.07) is 0. The second-order valence-corrected chi connectivity index (χ2v) is 9.74. The molecule has 0 radical (unpaired) electrons. The van der Waals surface area contributed by atoms with Crippen LogP contribution in [0.2, 0.25) is 0 Å². The minimum absolute atomic E-state index is 0.00344. The van der Waals surface area contributed by atoms with Crippen LogP contribution >= 0.6 is 0 Å². The van der Waals surface area contributed by atoms with Gasteiger partial charge in [-0.3, -0.25) is 4.79 Å². The molecule has 140 valence electrons. The number of Topliss-reactive ketones (excluding diaryl/α,β-unsaturated/α-hetero) is 1. The maximum absolute atomic E-state index is 12.2. The highest BCUT2D eigenvalue weighted by Crippen LogP contribution is 2.69. The van der Waals surface area contributed by atoms with Crippen LogP contribution in [-0.4, -0.2) is 38.4 Å². The molecule has 4 rings (SSSR count). The molecule has 7 atom stereocenters. The van der Waals surface area contributed by atoms with Gasteiger partial charge in [-0.05, 0) is 69.6 Å². The topological polar surface area (TPSA) is 77.8 Å². The van der Waals surface area contributed by atoms with Crippen molar-refractivity contribution in [3.8, 4) is 0 Å². The molecule has 3 saturated carbocycles. The van der Waals surface area contributed by atoms with Crippen LogP contribution in [0, 0.1) is 22.7 Å². The number of ketones is 1. The Balaban J connectivity index is 1.79. The summed E-state index contributed by atoms with van der Waals surface area (Å²) in [6.45, 7) is 5.86. The Morgan fingerprint density at radius 2 is 1.84 bits per heavy atom. The average molecular weight is 348 g/mol. The Labute approximate surface area is 150 Å². The third-order valence-electron chi connectivity index (χ3n) is 8.86. The van der Waals surface area contributed by atoms with Gasteiger partial charge in [0.2, 0.25) is 0 Å². The minimum atomic E-state index is -1.21. The van der Waals surface area contributed by atoms with Crippen molar-refractivity contribution >= 4 is 5.78 Å². The molecule has 4 nitrogen and oxygen atoms in total. The van der Waals surface area contributed by atoms with Crippen molar-refractivity contribution in [3.63, 3.8) is 0 Å². The van der Waals surface area contributed by atoms with Gasteiger partial charge < -0.3 is 15.3 Å². The number of hydrogen-bond acceptors (Lipinski definition) is 4. The largest absolute Gasteiger partial charge is 0.393 e. The zero-order valence-corrected chi connectivity index (χ0v) is 15.7. The molecule has 0 aromatic rings. The minimum Gasteiger partial charge on any atom is -0.393 e. The molecule has 3 fully saturated rings. The standard InChI is InChI=1S/C21H32O4/c1-13(22)16-6-11-21(25)19(16,3)9-7-17-18(2)8-5-15(23)12-14(18)4-10-20(17,21)24/h4,15-17,23-25H,5-12H2,1-3H3. The molecule has 0 bridgehead atoms. The maximum Gasteiger partial charge on any atom is 0.133 e. The second kappa shape index (κ2) is 5.17. The summed E-state index contributed by atoms with van der Waals surface area (Å²) in [4.78, 5) is 12.2. The van der Waals surface area contributed by atoms with Crippen LogP contribution < -0.4 is 0 Å². The molecule has 7 unspecified atom stereocenters. The molecule has 3 N–H and O–H groups in total. The summed E-state index contributed by atoms with van der Waals surface area (Å²) in [6.07, 6.45) is 7.34. The fourth-order valence-electron chi connectivity index (χ4n) is 7.33. The highest BCUT2D eigenvalue weighted by atomic mass is 16.4. The summed E-state index contributed by atoms with van der Waals surface area (Å²) in [5.41, 5.74) is -1.82. The maximum atomic E-state index is 12.2. The van der Waals surface area contributed by atoms with Crippen LogP contribution in [0.5, 0.6) is 0 Å². The Kier molecular flexibility index (Phi) is 3.66. The first-order valence-corrected chi connectivity index (χ1v) is 9.91. The van der Waals surface area contributed by atoms with Crippen molar-refractivity contribution in [3.05, 3.63) is 11.6 Å². The number of aliphatic hydroxyl groups excluding tert-OH is 1. The summed E-state index contributed by atoms with van der Waals surface area (Å²) in [5.74, 6) is -0.0235. The first-order chi connectivity index (χ1) is 11.6. The van der Waals surface area contributed by atoms with Crippen molar-refractivity contribution in [2.24, 2.45) is 22.7 Å². The molecule has 4 aliphatic carbocycles. The van der Waals surface area contributed by atoms with E-state index in [1.54, 1.807) is 6.92 Å². The lowest BCUT2D eigenvalue weighted by molar-refractivity contribution is -0.271. The molecule has 0 aliphatic heterocycles. The molecule has 0 heterocycles. The first-order valence-electron chi connectivity index (χ1n) is 9.91. The van der Waals surface area contributed by atoms with Crippen molar-refractivity contribution in [1.82, 2.24) is 0 Å². The lowest BCUT2D eigenvalue weighted by Gasteiger charge is -2.65. The fourth-order valence-corrected chi connectivity index (χ4v) is 7.33. The monoisotopic (exact) mass is 348 g/mol. The van der Waals surface area contributed by atoms with Crippen molar-refractivity contribution < 1.29 is 20.1 Å². The third-order valence-corrected chi connectivity index (χ3v) is 8.86.